The van der Waals surface area contributed by atoms with Crippen molar-refractivity contribution in [2.24, 2.45) is 0 Å². The molecular formula is C15H15FN2O4. The van der Waals surface area contributed by atoms with Crippen LogP contribution in [-0.4, -0.2) is 40.3 Å². The summed E-state index contributed by atoms with van der Waals surface area (Å²) in [6.07, 6.45) is -0.492. The van der Waals surface area contributed by atoms with Crippen LogP contribution in [0, 0.1) is 12.7 Å². The quantitative estimate of drug-likeness (QED) is 0.936. The minimum Gasteiger partial charge on any atom is -0.447 e. The van der Waals surface area contributed by atoms with Crippen molar-refractivity contribution < 1.29 is 23.4 Å². The van der Waals surface area contributed by atoms with Crippen molar-refractivity contribution in [3.8, 4) is 11.5 Å². The van der Waals surface area contributed by atoms with Gasteiger partial charge in [-0.3, -0.25) is 4.90 Å². The molecule has 2 heterocycles. The summed E-state index contributed by atoms with van der Waals surface area (Å²) in [6.45, 7) is 1.87. The Morgan fingerprint density at radius 1 is 1.50 bits per heavy atom. The van der Waals surface area contributed by atoms with Gasteiger partial charge in [-0.25, -0.2) is 14.2 Å². The van der Waals surface area contributed by atoms with Crippen LogP contribution in [0.4, 0.5) is 9.18 Å². The predicted octanol–water partition coefficient (Wildman–Crippen LogP) is 2.10. The lowest BCUT2D eigenvalue weighted by atomic mass is 10.2. The fraction of sp³-hybridized carbons (Fsp3) is 0.333. The van der Waals surface area contributed by atoms with E-state index < -0.39 is 6.09 Å². The summed E-state index contributed by atoms with van der Waals surface area (Å²) in [5.74, 6) is 0.453. The standard InChI is InChI=1S/C15H15FN2O4/c1-9-13(6-18-12(7-19)8-21-15(18)20)17-14(22-9)10-3-2-4-11(16)5-10/h2-5,12,19H,6-8H2,1H3/t12-/m1/s1. The highest BCUT2D eigenvalue weighted by Gasteiger charge is 2.33. The first-order valence-electron chi connectivity index (χ1n) is 6.85. The molecule has 1 aromatic heterocycles. The van der Waals surface area contributed by atoms with Gasteiger partial charge in [0.05, 0.1) is 19.2 Å². The van der Waals surface area contributed by atoms with Crippen molar-refractivity contribution in [1.82, 2.24) is 9.88 Å². The molecule has 0 spiro atoms. The number of hydrogen-bond donors (Lipinski definition) is 1. The number of oxazole rings is 1. The number of ether oxygens (including phenoxy) is 1. The van der Waals surface area contributed by atoms with Crippen molar-refractivity contribution in [3.63, 3.8) is 0 Å². The van der Waals surface area contributed by atoms with Gasteiger partial charge in [0.15, 0.2) is 0 Å². The zero-order valence-electron chi connectivity index (χ0n) is 12.0. The summed E-state index contributed by atoms with van der Waals surface area (Å²) in [6, 6.07) is 5.55. The molecule has 1 aliphatic heterocycles. The zero-order valence-corrected chi connectivity index (χ0v) is 12.0. The molecule has 0 radical (unpaired) electrons. The van der Waals surface area contributed by atoms with E-state index in [1.54, 1.807) is 19.1 Å². The maximum absolute atomic E-state index is 13.3. The molecule has 3 rings (SSSR count). The van der Waals surface area contributed by atoms with Crippen LogP contribution in [0.15, 0.2) is 28.7 Å². The number of aromatic nitrogens is 1. The van der Waals surface area contributed by atoms with Gasteiger partial charge in [0.1, 0.15) is 23.9 Å². The molecule has 2 aromatic rings. The molecule has 1 aliphatic rings. The van der Waals surface area contributed by atoms with Crippen molar-refractivity contribution in [3.05, 3.63) is 41.5 Å². The maximum Gasteiger partial charge on any atom is 0.410 e. The Morgan fingerprint density at radius 3 is 3.05 bits per heavy atom. The summed E-state index contributed by atoms with van der Waals surface area (Å²) in [4.78, 5) is 17.4. The molecule has 1 atom stereocenters. The number of amides is 1. The minimum atomic E-state index is -0.492. The van der Waals surface area contributed by atoms with E-state index in [1.807, 2.05) is 0 Å². The van der Waals surface area contributed by atoms with E-state index in [4.69, 9.17) is 9.15 Å². The first-order valence-corrected chi connectivity index (χ1v) is 6.85. The highest BCUT2D eigenvalue weighted by Crippen LogP contribution is 2.24. The average molecular weight is 306 g/mol. The molecule has 1 amide bonds. The summed E-state index contributed by atoms with van der Waals surface area (Å²) in [5.41, 5.74) is 1.08. The van der Waals surface area contributed by atoms with E-state index in [-0.39, 0.29) is 31.6 Å². The van der Waals surface area contributed by atoms with Crippen LogP contribution in [-0.2, 0) is 11.3 Å². The number of rotatable bonds is 4. The van der Waals surface area contributed by atoms with Crippen LogP contribution in [0.3, 0.4) is 0 Å². The summed E-state index contributed by atoms with van der Waals surface area (Å²) in [5, 5.41) is 9.26. The van der Waals surface area contributed by atoms with Gasteiger partial charge in [-0.05, 0) is 25.1 Å². The molecule has 22 heavy (non-hydrogen) atoms. The largest absolute Gasteiger partial charge is 0.447 e. The first kappa shape index (κ1) is 14.5. The third kappa shape index (κ3) is 2.67. The Bertz CT molecular complexity index is 701. The number of cyclic esters (lactones) is 1. The van der Waals surface area contributed by atoms with Crippen molar-refractivity contribution in [2.75, 3.05) is 13.2 Å². The molecule has 6 nitrogen and oxygen atoms in total. The monoisotopic (exact) mass is 306 g/mol. The Labute approximate surface area is 126 Å². The third-order valence-electron chi connectivity index (χ3n) is 3.57. The second-order valence-electron chi connectivity index (χ2n) is 5.07. The van der Waals surface area contributed by atoms with Crippen LogP contribution in [0.5, 0.6) is 0 Å². The molecule has 0 aliphatic carbocycles. The second kappa shape index (κ2) is 5.76. The van der Waals surface area contributed by atoms with E-state index in [2.05, 4.69) is 4.98 Å². The Morgan fingerprint density at radius 2 is 2.32 bits per heavy atom. The number of aliphatic hydroxyl groups is 1. The van der Waals surface area contributed by atoms with Gasteiger partial charge in [-0.15, -0.1) is 0 Å². The molecule has 1 saturated heterocycles. The number of benzene rings is 1. The molecule has 1 fully saturated rings. The lowest BCUT2D eigenvalue weighted by molar-refractivity contribution is 0.150. The van der Waals surface area contributed by atoms with Gasteiger partial charge in [-0.2, -0.15) is 0 Å². The van der Waals surface area contributed by atoms with E-state index >= 15 is 0 Å². The van der Waals surface area contributed by atoms with Crippen molar-refractivity contribution in [1.29, 1.82) is 0 Å². The van der Waals surface area contributed by atoms with Crippen LogP contribution in [0.25, 0.3) is 11.5 Å². The topological polar surface area (TPSA) is 75.8 Å². The zero-order chi connectivity index (χ0) is 15.7. The second-order valence-corrected chi connectivity index (χ2v) is 5.07. The van der Waals surface area contributed by atoms with Crippen LogP contribution < -0.4 is 0 Å². The maximum atomic E-state index is 13.3. The third-order valence-corrected chi connectivity index (χ3v) is 3.57. The van der Waals surface area contributed by atoms with Crippen molar-refractivity contribution in [2.45, 2.75) is 19.5 Å². The first-order chi connectivity index (χ1) is 10.6. The van der Waals surface area contributed by atoms with Crippen molar-refractivity contribution >= 4 is 6.09 Å². The molecule has 1 aromatic carbocycles. The normalized spacial score (nSPS) is 17.9. The van der Waals surface area contributed by atoms with Crippen LogP contribution in [0.1, 0.15) is 11.5 Å². The Balaban J connectivity index is 1.85. The van der Waals surface area contributed by atoms with Gasteiger partial charge < -0.3 is 14.3 Å². The number of carbonyl (C=O) groups excluding carboxylic acids is 1. The summed E-state index contributed by atoms with van der Waals surface area (Å²) < 4.78 is 23.7. The average Bonchev–Trinajstić information content (AvgIpc) is 3.04. The summed E-state index contributed by atoms with van der Waals surface area (Å²) >= 11 is 0. The number of aryl methyl sites for hydroxylation is 1. The Kier molecular flexibility index (Phi) is 3.81. The molecule has 0 unspecified atom stereocenters. The number of aliphatic hydroxyl groups excluding tert-OH is 1. The molecule has 0 saturated carbocycles. The highest BCUT2D eigenvalue weighted by atomic mass is 19.1. The van der Waals surface area contributed by atoms with Crippen LogP contribution in [0.2, 0.25) is 0 Å². The molecule has 1 N–H and O–H groups in total. The predicted molar refractivity (Wildman–Crippen MR) is 74.4 cm³/mol. The van der Waals surface area contributed by atoms with Gasteiger partial charge in [0, 0.05) is 5.56 Å². The summed E-state index contributed by atoms with van der Waals surface area (Å²) in [7, 11) is 0. The van der Waals surface area contributed by atoms with Gasteiger partial charge >= 0.3 is 6.09 Å². The van der Waals surface area contributed by atoms with Gasteiger partial charge in [0.25, 0.3) is 0 Å². The lowest BCUT2D eigenvalue weighted by Crippen LogP contribution is -2.35. The molecule has 116 valence electrons. The molecule has 0 bridgehead atoms. The van der Waals surface area contributed by atoms with E-state index in [1.165, 1.54) is 17.0 Å². The fourth-order valence-corrected chi connectivity index (χ4v) is 2.32. The SMILES string of the molecule is Cc1oc(-c2cccc(F)c2)nc1CN1C(=O)OC[C@H]1CO. The number of hydrogen-bond acceptors (Lipinski definition) is 5. The van der Waals surface area contributed by atoms with E-state index in [0.717, 1.165) is 0 Å². The fourth-order valence-electron chi connectivity index (χ4n) is 2.32. The number of carbonyl (C=O) groups is 1. The van der Waals surface area contributed by atoms with Gasteiger partial charge in [-0.1, -0.05) is 6.07 Å². The van der Waals surface area contributed by atoms with E-state index in [0.29, 0.717) is 22.9 Å². The molecular weight excluding hydrogens is 291 g/mol. The number of nitrogens with zero attached hydrogens (tertiary/aromatic N) is 2. The van der Waals surface area contributed by atoms with Crippen LogP contribution >= 0.6 is 0 Å². The molecule has 7 heteroatoms. The number of halogens is 1. The minimum absolute atomic E-state index is 0.156. The smallest absolute Gasteiger partial charge is 0.410 e. The Hall–Kier alpha value is -2.41. The lowest BCUT2D eigenvalue weighted by Gasteiger charge is -2.18. The van der Waals surface area contributed by atoms with E-state index in [9.17, 15) is 14.3 Å². The highest BCUT2D eigenvalue weighted by molar-refractivity contribution is 5.70. The van der Waals surface area contributed by atoms with Gasteiger partial charge in [0.2, 0.25) is 5.89 Å².